The van der Waals surface area contributed by atoms with Gasteiger partial charge < -0.3 is 10.6 Å². The van der Waals surface area contributed by atoms with Crippen LogP contribution in [0, 0.1) is 11.6 Å². The zero-order valence-electron chi connectivity index (χ0n) is 13.0. The third kappa shape index (κ3) is 7.30. The second-order valence-electron chi connectivity index (χ2n) is 5.11. The van der Waals surface area contributed by atoms with Crippen LogP contribution in [0.4, 0.5) is 22.0 Å². The van der Waals surface area contributed by atoms with Crippen LogP contribution in [0.2, 0.25) is 0 Å². The van der Waals surface area contributed by atoms with Gasteiger partial charge in [-0.3, -0.25) is 4.99 Å². The molecule has 1 rings (SSSR count). The van der Waals surface area contributed by atoms with Crippen LogP contribution in [0.15, 0.2) is 23.2 Å². The molecule has 0 aromatic heterocycles. The minimum atomic E-state index is -4.14. The number of aliphatic imine (C=N–C) groups is 1. The fourth-order valence-corrected chi connectivity index (χ4v) is 1.92. The molecule has 0 bridgehead atoms. The Kier molecular flexibility index (Phi) is 7.25. The van der Waals surface area contributed by atoms with Crippen LogP contribution < -0.4 is 10.6 Å². The van der Waals surface area contributed by atoms with Crippen molar-refractivity contribution >= 4 is 5.96 Å². The number of halogens is 5. The SMILES string of the molecule is CN=C(NCCCCC(F)(F)F)NC(C)c1ccc(F)c(F)c1. The van der Waals surface area contributed by atoms with Gasteiger partial charge in [0.05, 0.1) is 6.04 Å². The molecule has 0 spiro atoms. The summed E-state index contributed by atoms with van der Waals surface area (Å²) < 4.78 is 62.1. The van der Waals surface area contributed by atoms with Crippen molar-refractivity contribution < 1.29 is 22.0 Å². The molecule has 0 aliphatic heterocycles. The first kappa shape index (κ1) is 19.2. The van der Waals surface area contributed by atoms with Crippen molar-refractivity contribution in [3.63, 3.8) is 0 Å². The monoisotopic (exact) mass is 337 g/mol. The molecule has 3 nitrogen and oxygen atoms in total. The molecule has 0 saturated heterocycles. The van der Waals surface area contributed by atoms with Crippen molar-refractivity contribution in [1.29, 1.82) is 0 Å². The van der Waals surface area contributed by atoms with Gasteiger partial charge in [-0.05, 0) is 37.5 Å². The Labute approximate surface area is 132 Å². The second-order valence-corrected chi connectivity index (χ2v) is 5.11. The summed E-state index contributed by atoms with van der Waals surface area (Å²) in [5.74, 6) is -1.48. The minimum absolute atomic E-state index is 0.0339. The molecule has 130 valence electrons. The number of benzene rings is 1. The highest BCUT2D eigenvalue weighted by atomic mass is 19.4. The number of nitrogens with one attached hydrogen (secondary N) is 2. The Hall–Kier alpha value is -1.86. The lowest BCUT2D eigenvalue weighted by atomic mass is 10.1. The normalized spacial score (nSPS) is 13.8. The summed E-state index contributed by atoms with van der Waals surface area (Å²) in [5, 5.41) is 5.85. The highest BCUT2D eigenvalue weighted by Gasteiger charge is 2.25. The second kappa shape index (κ2) is 8.69. The highest BCUT2D eigenvalue weighted by Crippen LogP contribution is 2.21. The number of hydrogen-bond acceptors (Lipinski definition) is 1. The van der Waals surface area contributed by atoms with Crippen LogP contribution in [-0.2, 0) is 0 Å². The van der Waals surface area contributed by atoms with E-state index in [0.717, 1.165) is 12.1 Å². The van der Waals surface area contributed by atoms with E-state index >= 15 is 0 Å². The molecule has 1 aromatic carbocycles. The fraction of sp³-hybridized carbons (Fsp3) is 0.533. The van der Waals surface area contributed by atoms with Gasteiger partial charge >= 0.3 is 6.18 Å². The summed E-state index contributed by atoms with van der Waals surface area (Å²) in [4.78, 5) is 3.94. The summed E-state index contributed by atoms with van der Waals surface area (Å²) in [7, 11) is 1.52. The van der Waals surface area contributed by atoms with Gasteiger partial charge in [0.15, 0.2) is 17.6 Å². The molecule has 1 unspecified atom stereocenters. The Bertz CT molecular complexity index is 528. The summed E-state index contributed by atoms with van der Waals surface area (Å²) >= 11 is 0. The van der Waals surface area contributed by atoms with Gasteiger partial charge in [-0.25, -0.2) is 8.78 Å². The first-order valence-electron chi connectivity index (χ1n) is 7.22. The summed E-state index contributed by atoms with van der Waals surface area (Å²) in [5.41, 5.74) is 0.531. The predicted octanol–water partition coefficient (Wildman–Crippen LogP) is 3.92. The van der Waals surface area contributed by atoms with Gasteiger partial charge in [0, 0.05) is 20.0 Å². The lowest BCUT2D eigenvalue weighted by Gasteiger charge is -2.18. The number of hydrogen-bond donors (Lipinski definition) is 2. The topological polar surface area (TPSA) is 36.4 Å². The molecular formula is C15H20F5N3. The molecular weight excluding hydrogens is 317 g/mol. The molecule has 0 heterocycles. The molecule has 0 radical (unpaired) electrons. The van der Waals surface area contributed by atoms with Crippen molar-refractivity contribution in [1.82, 2.24) is 10.6 Å². The van der Waals surface area contributed by atoms with E-state index in [4.69, 9.17) is 0 Å². The van der Waals surface area contributed by atoms with E-state index in [1.165, 1.54) is 13.1 Å². The largest absolute Gasteiger partial charge is 0.389 e. The Morgan fingerprint density at radius 3 is 2.43 bits per heavy atom. The van der Waals surface area contributed by atoms with Gasteiger partial charge in [-0.1, -0.05) is 6.07 Å². The molecule has 1 atom stereocenters. The standard InChI is InChI=1S/C15H20F5N3/c1-10(11-5-6-12(16)13(17)9-11)23-14(21-2)22-8-4-3-7-15(18,19)20/h5-6,9-10H,3-4,7-8H2,1-2H3,(H2,21,22,23). The maximum absolute atomic E-state index is 13.2. The lowest BCUT2D eigenvalue weighted by molar-refractivity contribution is -0.135. The minimum Gasteiger partial charge on any atom is -0.356 e. The van der Waals surface area contributed by atoms with Crippen LogP contribution >= 0.6 is 0 Å². The molecule has 0 aliphatic carbocycles. The molecule has 0 aliphatic rings. The van der Waals surface area contributed by atoms with Crippen molar-refractivity contribution in [2.24, 2.45) is 4.99 Å². The average Bonchev–Trinajstić information content (AvgIpc) is 2.47. The van der Waals surface area contributed by atoms with E-state index in [-0.39, 0.29) is 12.5 Å². The van der Waals surface area contributed by atoms with Crippen molar-refractivity contribution in [2.75, 3.05) is 13.6 Å². The number of guanidine groups is 1. The maximum Gasteiger partial charge on any atom is 0.389 e. The fourth-order valence-electron chi connectivity index (χ4n) is 1.92. The third-order valence-electron chi connectivity index (χ3n) is 3.20. The van der Waals surface area contributed by atoms with Crippen molar-refractivity contribution in [3.8, 4) is 0 Å². The van der Waals surface area contributed by atoms with Crippen LogP contribution in [0.3, 0.4) is 0 Å². The number of unbranched alkanes of at least 4 members (excludes halogenated alkanes) is 1. The van der Waals surface area contributed by atoms with Gasteiger partial charge in [-0.2, -0.15) is 13.2 Å². The maximum atomic E-state index is 13.2. The summed E-state index contributed by atoms with van der Waals surface area (Å²) in [6.45, 7) is 2.07. The summed E-state index contributed by atoms with van der Waals surface area (Å²) in [6.07, 6.45) is -4.57. The van der Waals surface area contributed by atoms with Crippen molar-refractivity contribution in [3.05, 3.63) is 35.4 Å². The third-order valence-corrected chi connectivity index (χ3v) is 3.20. The van der Waals surface area contributed by atoms with Gasteiger partial charge in [0.2, 0.25) is 0 Å². The lowest BCUT2D eigenvalue weighted by Crippen LogP contribution is -2.39. The molecule has 8 heteroatoms. The Balaban J connectivity index is 2.42. The first-order chi connectivity index (χ1) is 10.7. The first-order valence-corrected chi connectivity index (χ1v) is 7.22. The van der Waals surface area contributed by atoms with E-state index in [2.05, 4.69) is 15.6 Å². The van der Waals surface area contributed by atoms with Crippen molar-refractivity contribution in [2.45, 2.75) is 38.4 Å². The van der Waals surface area contributed by atoms with E-state index in [0.29, 0.717) is 24.5 Å². The molecule has 2 N–H and O–H groups in total. The average molecular weight is 337 g/mol. The Morgan fingerprint density at radius 2 is 1.87 bits per heavy atom. The molecule has 1 aromatic rings. The van der Waals surface area contributed by atoms with E-state index < -0.39 is 24.2 Å². The molecule has 0 saturated carbocycles. The van der Waals surface area contributed by atoms with E-state index in [1.54, 1.807) is 6.92 Å². The van der Waals surface area contributed by atoms with Gasteiger partial charge in [0.1, 0.15) is 0 Å². The predicted molar refractivity (Wildman–Crippen MR) is 79.2 cm³/mol. The molecule has 0 amide bonds. The number of rotatable bonds is 6. The van der Waals surface area contributed by atoms with Gasteiger partial charge in [0.25, 0.3) is 0 Å². The summed E-state index contributed by atoms with van der Waals surface area (Å²) in [6, 6.07) is 3.23. The van der Waals surface area contributed by atoms with E-state index in [1.807, 2.05) is 0 Å². The molecule has 0 fully saturated rings. The van der Waals surface area contributed by atoms with Crippen LogP contribution in [0.5, 0.6) is 0 Å². The smallest absolute Gasteiger partial charge is 0.356 e. The zero-order valence-corrected chi connectivity index (χ0v) is 13.0. The van der Waals surface area contributed by atoms with E-state index in [9.17, 15) is 22.0 Å². The van der Waals surface area contributed by atoms with Gasteiger partial charge in [-0.15, -0.1) is 0 Å². The number of nitrogens with zero attached hydrogens (tertiary/aromatic N) is 1. The Morgan fingerprint density at radius 1 is 1.17 bits per heavy atom. The molecule has 23 heavy (non-hydrogen) atoms. The van der Waals surface area contributed by atoms with Crippen LogP contribution in [-0.4, -0.2) is 25.7 Å². The quantitative estimate of drug-likeness (QED) is 0.357. The highest BCUT2D eigenvalue weighted by molar-refractivity contribution is 5.80. The van der Waals surface area contributed by atoms with Crippen LogP contribution in [0.1, 0.15) is 37.8 Å². The van der Waals surface area contributed by atoms with Crippen LogP contribution in [0.25, 0.3) is 0 Å². The zero-order chi connectivity index (χ0) is 17.5. The number of alkyl halides is 3.